The van der Waals surface area contributed by atoms with E-state index in [1.165, 1.54) is 0 Å². The van der Waals surface area contributed by atoms with Crippen LogP contribution in [0.2, 0.25) is 0 Å². The van der Waals surface area contributed by atoms with E-state index in [4.69, 9.17) is 4.74 Å². The van der Waals surface area contributed by atoms with Gasteiger partial charge < -0.3 is 14.5 Å². The van der Waals surface area contributed by atoms with Gasteiger partial charge in [-0.05, 0) is 44.7 Å². The number of piperidine rings is 1. The number of benzene rings is 1. The number of esters is 1. The molecule has 0 aromatic heterocycles. The van der Waals surface area contributed by atoms with Gasteiger partial charge >= 0.3 is 5.97 Å². The highest BCUT2D eigenvalue weighted by atomic mass is 16.5. The number of rotatable bonds is 4. The molecule has 0 saturated carbocycles. The molecule has 6 nitrogen and oxygen atoms in total. The van der Waals surface area contributed by atoms with Crippen molar-refractivity contribution in [1.29, 1.82) is 0 Å². The van der Waals surface area contributed by atoms with Gasteiger partial charge in [0.25, 0.3) is 0 Å². The van der Waals surface area contributed by atoms with E-state index < -0.39 is 5.92 Å². The SMILES string of the molecule is CCOC(=O)[C@H]1CCCN(C(=O)[C@@H]2CCN(c3ccccc3C)C2=O)C1. The van der Waals surface area contributed by atoms with E-state index in [0.29, 0.717) is 32.7 Å². The number of likely N-dealkylation sites (tertiary alicyclic amines) is 1. The fourth-order valence-electron chi connectivity index (χ4n) is 3.86. The molecule has 6 heteroatoms. The Balaban J connectivity index is 1.68. The summed E-state index contributed by atoms with van der Waals surface area (Å²) in [6, 6.07) is 7.72. The lowest BCUT2D eigenvalue weighted by Crippen LogP contribution is -2.46. The first kappa shape index (κ1) is 18.4. The fraction of sp³-hybridized carbons (Fsp3) is 0.550. The molecule has 2 aliphatic heterocycles. The second-order valence-electron chi connectivity index (χ2n) is 6.99. The van der Waals surface area contributed by atoms with Crippen LogP contribution in [0.4, 0.5) is 5.69 Å². The summed E-state index contributed by atoms with van der Waals surface area (Å²) in [5.74, 6) is -1.46. The maximum absolute atomic E-state index is 12.9. The number of hydrogen-bond acceptors (Lipinski definition) is 4. The van der Waals surface area contributed by atoms with Crippen LogP contribution in [-0.2, 0) is 19.1 Å². The molecular formula is C20H26N2O4. The third-order valence-corrected chi connectivity index (χ3v) is 5.26. The topological polar surface area (TPSA) is 66.9 Å². The predicted molar refractivity (Wildman–Crippen MR) is 97.6 cm³/mol. The smallest absolute Gasteiger partial charge is 0.310 e. The van der Waals surface area contributed by atoms with Crippen LogP contribution in [-0.4, -0.2) is 48.9 Å². The zero-order valence-corrected chi connectivity index (χ0v) is 15.4. The van der Waals surface area contributed by atoms with Crippen molar-refractivity contribution in [2.45, 2.75) is 33.1 Å². The van der Waals surface area contributed by atoms with Gasteiger partial charge in [-0.1, -0.05) is 18.2 Å². The summed E-state index contributed by atoms with van der Waals surface area (Å²) in [4.78, 5) is 41.2. The Bertz CT molecular complexity index is 703. The molecule has 0 bridgehead atoms. The van der Waals surface area contributed by atoms with E-state index in [1.807, 2.05) is 31.2 Å². The van der Waals surface area contributed by atoms with Crippen LogP contribution < -0.4 is 4.90 Å². The lowest BCUT2D eigenvalue weighted by Gasteiger charge is -2.33. The number of ether oxygens (including phenoxy) is 1. The molecule has 0 unspecified atom stereocenters. The highest BCUT2D eigenvalue weighted by Crippen LogP contribution is 2.30. The Morgan fingerprint density at radius 3 is 2.69 bits per heavy atom. The number of hydrogen-bond donors (Lipinski definition) is 0. The van der Waals surface area contributed by atoms with Crippen molar-refractivity contribution in [3.8, 4) is 0 Å². The highest BCUT2D eigenvalue weighted by Gasteiger charge is 2.41. The quantitative estimate of drug-likeness (QED) is 0.611. The lowest BCUT2D eigenvalue weighted by atomic mass is 9.96. The summed E-state index contributed by atoms with van der Waals surface area (Å²) in [5, 5.41) is 0. The number of carbonyl (C=O) groups is 3. The van der Waals surface area contributed by atoms with Crippen molar-refractivity contribution in [3.63, 3.8) is 0 Å². The molecule has 0 aliphatic carbocycles. The number of carbonyl (C=O) groups excluding carboxylic acids is 3. The summed E-state index contributed by atoms with van der Waals surface area (Å²) in [7, 11) is 0. The number of anilines is 1. The number of amides is 2. The van der Waals surface area contributed by atoms with Crippen LogP contribution in [0.5, 0.6) is 0 Å². The zero-order valence-electron chi connectivity index (χ0n) is 15.4. The Morgan fingerprint density at radius 2 is 1.96 bits per heavy atom. The third kappa shape index (κ3) is 3.59. The van der Waals surface area contributed by atoms with Crippen molar-refractivity contribution < 1.29 is 19.1 Å². The zero-order chi connectivity index (χ0) is 18.7. The van der Waals surface area contributed by atoms with Crippen molar-refractivity contribution >= 4 is 23.5 Å². The first-order valence-electron chi connectivity index (χ1n) is 9.35. The fourth-order valence-corrected chi connectivity index (χ4v) is 3.86. The molecule has 2 atom stereocenters. The van der Waals surface area contributed by atoms with Gasteiger partial charge in [-0.2, -0.15) is 0 Å². The van der Waals surface area contributed by atoms with Crippen LogP contribution in [0.3, 0.4) is 0 Å². The van der Waals surface area contributed by atoms with Crippen LogP contribution >= 0.6 is 0 Å². The molecule has 2 fully saturated rings. The molecule has 0 N–H and O–H groups in total. The van der Waals surface area contributed by atoms with Crippen LogP contribution in [0, 0.1) is 18.8 Å². The van der Waals surface area contributed by atoms with Gasteiger partial charge in [0, 0.05) is 25.3 Å². The summed E-state index contributed by atoms with van der Waals surface area (Å²) in [6.07, 6.45) is 2.01. The normalized spacial score (nSPS) is 23.2. The summed E-state index contributed by atoms with van der Waals surface area (Å²) in [6.45, 7) is 5.59. The molecule has 26 heavy (non-hydrogen) atoms. The molecule has 2 heterocycles. The average Bonchev–Trinajstić information content (AvgIpc) is 3.03. The van der Waals surface area contributed by atoms with E-state index in [0.717, 1.165) is 24.1 Å². The Hall–Kier alpha value is -2.37. The molecule has 2 amide bonds. The average molecular weight is 358 g/mol. The van der Waals surface area contributed by atoms with Crippen molar-refractivity contribution in [1.82, 2.24) is 4.90 Å². The Morgan fingerprint density at radius 1 is 1.19 bits per heavy atom. The molecule has 140 valence electrons. The molecule has 1 aromatic rings. The van der Waals surface area contributed by atoms with Crippen LogP contribution in [0.15, 0.2) is 24.3 Å². The lowest BCUT2D eigenvalue weighted by molar-refractivity contribution is -0.152. The molecule has 2 aliphatic rings. The maximum atomic E-state index is 12.9. The molecule has 2 saturated heterocycles. The van der Waals surface area contributed by atoms with Gasteiger partial charge in [0.15, 0.2) is 0 Å². The van der Waals surface area contributed by atoms with Gasteiger partial charge in [-0.15, -0.1) is 0 Å². The number of para-hydroxylation sites is 1. The van der Waals surface area contributed by atoms with Crippen LogP contribution in [0.25, 0.3) is 0 Å². The minimum Gasteiger partial charge on any atom is -0.466 e. The van der Waals surface area contributed by atoms with Gasteiger partial charge in [-0.3, -0.25) is 14.4 Å². The van der Waals surface area contributed by atoms with E-state index >= 15 is 0 Å². The van der Waals surface area contributed by atoms with Crippen molar-refractivity contribution in [3.05, 3.63) is 29.8 Å². The highest BCUT2D eigenvalue weighted by molar-refractivity contribution is 6.10. The van der Waals surface area contributed by atoms with E-state index in [1.54, 1.807) is 16.7 Å². The monoisotopic (exact) mass is 358 g/mol. The molecule has 3 rings (SSSR count). The van der Waals surface area contributed by atoms with Gasteiger partial charge in [0.1, 0.15) is 5.92 Å². The van der Waals surface area contributed by atoms with Crippen molar-refractivity contribution in [2.75, 3.05) is 31.1 Å². The second-order valence-corrected chi connectivity index (χ2v) is 6.99. The van der Waals surface area contributed by atoms with Crippen molar-refractivity contribution in [2.24, 2.45) is 11.8 Å². The number of nitrogens with zero attached hydrogens (tertiary/aromatic N) is 2. The standard InChI is InChI=1S/C20H26N2O4/c1-3-26-20(25)15-8-6-11-21(13-15)18(23)16-10-12-22(19(16)24)17-9-5-4-7-14(17)2/h4-5,7,9,15-16H,3,6,8,10-13H2,1-2H3/t15-,16-/m0/s1. The number of aryl methyl sites for hydroxylation is 1. The Kier molecular flexibility index (Phi) is 5.59. The first-order valence-corrected chi connectivity index (χ1v) is 9.35. The maximum Gasteiger partial charge on any atom is 0.310 e. The summed E-state index contributed by atoms with van der Waals surface area (Å²) >= 11 is 0. The Labute approximate surface area is 154 Å². The van der Waals surface area contributed by atoms with E-state index in [9.17, 15) is 14.4 Å². The summed E-state index contributed by atoms with van der Waals surface area (Å²) in [5.41, 5.74) is 1.89. The minimum atomic E-state index is -0.643. The minimum absolute atomic E-state index is 0.137. The largest absolute Gasteiger partial charge is 0.466 e. The van der Waals surface area contributed by atoms with Gasteiger partial charge in [0.2, 0.25) is 11.8 Å². The summed E-state index contributed by atoms with van der Waals surface area (Å²) < 4.78 is 5.09. The predicted octanol–water partition coefficient (Wildman–Crippen LogP) is 2.15. The molecule has 1 aromatic carbocycles. The van der Waals surface area contributed by atoms with E-state index in [2.05, 4.69) is 0 Å². The first-order chi connectivity index (χ1) is 12.5. The van der Waals surface area contributed by atoms with Gasteiger partial charge in [-0.25, -0.2) is 0 Å². The van der Waals surface area contributed by atoms with Crippen LogP contribution in [0.1, 0.15) is 31.7 Å². The third-order valence-electron chi connectivity index (χ3n) is 5.26. The molecule has 0 radical (unpaired) electrons. The molecule has 0 spiro atoms. The van der Waals surface area contributed by atoms with E-state index in [-0.39, 0.29) is 23.7 Å². The molecular weight excluding hydrogens is 332 g/mol. The second kappa shape index (κ2) is 7.89. The van der Waals surface area contributed by atoms with Gasteiger partial charge in [0.05, 0.1) is 12.5 Å².